The number of aromatic nitrogens is 2. The second kappa shape index (κ2) is 11.2. The first-order valence-corrected chi connectivity index (χ1v) is 13.7. The predicted octanol–water partition coefficient (Wildman–Crippen LogP) is 4.06. The summed E-state index contributed by atoms with van der Waals surface area (Å²) in [4.78, 5) is 31.4. The molecule has 4 rings (SSSR count). The monoisotopic (exact) mass is 493 g/mol. The zero-order valence-electron chi connectivity index (χ0n) is 22.7. The van der Waals surface area contributed by atoms with Crippen molar-refractivity contribution in [1.82, 2.24) is 24.9 Å². The van der Waals surface area contributed by atoms with Gasteiger partial charge < -0.3 is 10.2 Å². The topological polar surface area (TPSA) is 70.5 Å². The van der Waals surface area contributed by atoms with Gasteiger partial charge in [0.2, 0.25) is 11.8 Å². The van der Waals surface area contributed by atoms with Crippen LogP contribution in [0.4, 0.5) is 0 Å². The van der Waals surface area contributed by atoms with Gasteiger partial charge in [0.1, 0.15) is 11.6 Å². The van der Waals surface area contributed by atoms with E-state index < -0.39 is 11.6 Å². The van der Waals surface area contributed by atoms with E-state index in [1.165, 1.54) is 16.8 Å². The number of amides is 2. The molecular formula is C29H43N5O2. The van der Waals surface area contributed by atoms with Gasteiger partial charge in [-0.3, -0.25) is 19.2 Å². The highest BCUT2D eigenvalue weighted by molar-refractivity contribution is 6.00. The van der Waals surface area contributed by atoms with Crippen LogP contribution in [-0.4, -0.2) is 62.6 Å². The summed E-state index contributed by atoms with van der Waals surface area (Å²) in [7, 11) is 0. The lowest BCUT2D eigenvalue weighted by atomic mass is 9.80. The first-order valence-electron chi connectivity index (χ1n) is 13.7. The summed E-state index contributed by atoms with van der Waals surface area (Å²) in [5, 5.41) is 7.94. The third kappa shape index (κ3) is 5.36. The van der Waals surface area contributed by atoms with E-state index in [0.29, 0.717) is 31.7 Å². The van der Waals surface area contributed by atoms with Crippen molar-refractivity contribution in [2.45, 2.75) is 91.4 Å². The number of rotatable bonds is 9. The van der Waals surface area contributed by atoms with Gasteiger partial charge in [-0.15, -0.1) is 0 Å². The van der Waals surface area contributed by atoms with E-state index in [2.05, 4.69) is 73.8 Å². The molecule has 36 heavy (non-hydrogen) atoms. The van der Waals surface area contributed by atoms with Crippen molar-refractivity contribution < 1.29 is 9.59 Å². The van der Waals surface area contributed by atoms with Crippen molar-refractivity contribution in [3.63, 3.8) is 0 Å². The van der Waals surface area contributed by atoms with Crippen molar-refractivity contribution >= 4 is 11.8 Å². The SMILES string of the molecule is CCCCN1C(=O)C(CC(C)C)NC(=O)C12CCN(Cc1c(C)nn(Cc3ccccc3)c1C)CC2. The van der Waals surface area contributed by atoms with E-state index >= 15 is 0 Å². The number of likely N-dealkylation sites (tertiary alicyclic amines) is 1. The molecule has 7 nitrogen and oxygen atoms in total. The van der Waals surface area contributed by atoms with Crippen molar-refractivity contribution in [2.24, 2.45) is 5.92 Å². The number of carbonyl (C=O) groups is 2. The van der Waals surface area contributed by atoms with Crippen LogP contribution in [0.25, 0.3) is 0 Å². The van der Waals surface area contributed by atoms with Crippen LogP contribution in [0.5, 0.6) is 0 Å². The second-order valence-electron chi connectivity index (χ2n) is 11.1. The van der Waals surface area contributed by atoms with Gasteiger partial charge in [-0.25, -0.2) is 0 Å². The predicted molar refractivity (Wildman–Crippen MR) is 142 cm³/mol. The molecule has 1 unspecified atom stereocenters. The van der Waals surface area contributed by atoms with E-state index in [4.69, 9.17) is 5.10 Å². The van der Waals surface area contributed by atoms with Gasteiger partial charge in [0.25, 0.3) is 0 Å². The van der Waals surface area contributed by atoms with Crippen LogP contribution in [0.15, 0.2) is 30.3 Å². The van der Waals surface area contributed by atoms with Gasteiger partial charge in [0.15, 0.2) is 0 Å². The summed E-state index contributed by atoms with van der Waals surface area (Å²) in [6.07, 6.45) is 3.99. The average molecular weight is 494 g/mol. The van der Waals surface area contributed by atoms with E-state index in [1.807, 2.05) is 11.0 Å². The highest BCUT2D eigenvalue weighted by Crippen LogP contribution is 2.35. The number of nitrogens with one attached hydrogen (secondary N) is 1. The highest BCUT2D eigenvalue weighted by atomic mass is 16.2. The summed E-state index contributed by atoms with van der Waals surface area (Å²) in [6.45, 7) is 14.4. The fraction of sp³-hybridized carbons (Fsp3) is 0.621. The number of piperidine rings is 1. The minimum atomic E-state index is -0.711. The Morgan fingerprint density at radius 2 is 1.78 bits per heavy atom. The molecule has 2 saturated heterocycles. The molecule has 1 spiro atoms. The molecule has 0 bridgehead atoms. The van der Waals surface area contributed by atoms with Gasteiger partial charge in [-0.1, -0.05) is 57.5 Å². The standard InChI is InChI=1S/C29H43N5O2/c1-6-7-15-33-27(35)26(18-21(2)3)30-28(36)29(33)13-16-32(17-14-29)20-25-22(4)31-34(23(25)5)19-24-11-9-8-10-12-24/h8-12,21,26H,6-7,13-20H2,1-5H3,(H,30,36). The molecule has 2 aliphatic rings. The van der Waals surface area contributed by atoms with Gasteiger partial charge in [0, 0.05) is 37.4 Å². The lowest BCUT2D eigenvalue weighted by Crippen LogP contribution is -2.73. The maximum absolute atomic E-state index is 13.5. The minimum absolute atomic E-state index is 0.0477. The fourth-order valence-corrected chi connectivity index (χ4v) is 5.82. The van der Waals surface area contributed by atoms with E-state index in [1.54, 1.807) is 0 Å². The lowest BCUT2D eigenvalue weighted by Gasteiger charge is -2.52. The van der Waals surface area contributed by atoms with Gasteiger partial charge in [-0.05, 0) is 51.0 Å². The maximum Gasteiger partial charge on any atom is 0.246 e. The van der Waals surface area contributed by atoms with Crippen molar-refractivity contribution in [1.29, 1.82) is 0 Å². The molecule has 2 amide bonds. The Labute approximate surface area is 216 Å². The number of hydrogen-bond acceptors (Lipinski definition) is 4. The van der Waals surface area contributed by atoms with Crippen LogP contribution >= 0.6 is 0 Å². The first kappa shape index (κ1) is 26.4. The molecular weight excluding hydrogens is 450 g/mol. The summed E-state index contributed by atoms with van der Waals surface area (Å²) >= 11 is 0. The van der Waals surface area contributed by atoms with Crippen LogP contribution in [0.2, 0.25) is 0 Å². The zero-order valence-corrected chi connectivity index (χ0v) is 22.7. The highest BCUT2D eigenvalue weighted by Gasteiger charge is 2.53. The average Bonchev–Trinajstić information content (AvgIpc) is 3.11. The van der Waals surface area contributed by atoms with Crippen LogP contribution in [0.1, 0.15) is 75.4 Å². The quantitative estimate of drug-likeness (QED) is 0.572. The Kier molecular flexibility index (Phi) is 8.18. The van der Waals surface area contributed by atoms with E-state index in [9.17, 15) is 9.59 Å². The summed E-state index contributed by atoms with van der Waals surface area (Å²) in [6, 6.07) is 10.0. The van der Waals surface area contributed by atoms with Crippen molar-refractivity contribution in [3.05, 3.63) is 52.8 Å². The number of benzene rings is 1. The normalized spacial score (nSPS) is 20.4. The van der Waals surface area contributed by atoms with Crippen LogP contribution in [-0.2, 0) is 22.7 Å². The Morgan fingerprint density at radius 3 is 2.42 bits per heavy atom. The molecule has 0 saturated carbocycles. The molecule has 2 aliphatic heterocycles. The largest absolute Gasteiger partial charge is 0.342 e. The van der Waals surface area contributed by atoms with Crippen molar-refractivity contribution in [2.75, 3.05) is 19.6 Å². The Bertz CT molecular complexity index is 1050. The third-order valence-electron chi connectivity index (χ3n) is 8.02. The number of piperazine rings is 1. The fourth-order valence-electron chi connectivity index (χ4n) is 5.82. The molecule has 2 aromatic rings. The van der Waals surface area contributed by atoms with Gasteiger partial charge in [-0.2, -0.15) is 5.10 Å². The van der Waals surface area contributed by atoms with Crippen LogP contribution in [0, 0.1) is 19.8 Å². The Hall–Kier alpha value is -2.67. The van der Waals surface area contributed by atoms with E-state index in [-0.39, 0.29) is 11.8 Å². The lowest BCUT2D eigenvalue weighted by molar-refractivity contribution is -0.161. The number of nitrogens with zero attached hydrogens (tertiary/aromatic N) is 4. The Balaban J connectivity index is 1.46. The molecule has 1 atom stereocenters. The minimum Gasteiger partial charge on any atom is -0.342 e. The molecule has 3 heterocycles. The van der Waals surface area contributed by atoms with Gasteiger partial charge >= 0.3 is 0 Å². The summed E-state index contributed by atoms with van der Waals surface area (Å²) < 4.78 is 2.10. The zero-order chi connectivity index (χ0) is 25.9. The Morgan fingerprint density at radius 1 is 1.08 bits per heavy atom. The number of hydrogen-bond donors (Lipinski definition) is 1. The molecule has 7 heteroatoms. The summed E-state index contributed by atoms with van der Waals surface area (Å²) in [5.41, 5.74) is 4.06. The maximum atomic E-state index is 13.5. The summed E-state index contributed by atoms with van der Waals surface area (Å²) in [5.74, 6) is 0.517. The molecule has 2 fully saturated rings. The van der Waals surface area contributed by atoms with Gasteiger partial charge in [0.05, 0.1) is 12.2 Å². The van der Waals surface area contributed by atoms with Crippen LogP contribution < -0.4 is 5.32 Å². The first-order chi connectivity index (χ1) is 17.2. The molecule has 1 aromatic carbocycles. The second-order valence-corrected chi connectivity index (χ2v) is 11.1. The number of unbranched alkanes of at least 4 members (excludes halogenated alkanes) is 1. The van der Waals surface area contributed by atoms with Crippen LogP contribution in [0.3, 0.4) is 0 Å². The smallest absolute Gasteiger partial charge is 0.246 e. The number of carbonyl (C=O) groups excluding carboxylic acids is 2. The molecule has 0 aliphatic carbocycles. The van der Waals surface area contributed by atoms with E-state index in [0.717, 1.165) is 44.7 Å². The molecule has 1 aromatic heterocycles. The number of aryl methyl sites for hydroxylation is 1. The molecule has 196 valence electrons. The molecule has 0 radical (unpaired) electrons. The molecule has 1 N–H and O–H groups in total. The third-order valence-corrected chi connectivity index (χ3v) is 8.02. The van der Waals surface area contributed by atoms with Crippen molar-refractivity contribution in [3.8, 4) is 0 Å².